The summed E-state index contributed by atoms with van der Waals surface area (Å²) in [6.45, 7) is -1.91. The van der Waals surface area contributed by atoms with Gasteiger partial charge in [0.25, 0.3) is 5.91 Å². The zero-order valence-corrected chi connectivity index (χ0v) is 15.7. The van der Waals surface area contributed by atoms with Crippen molar-refractivity contribution in [3.63, 3.8) is 0 Å². The number of hydrogen-bond donors (Lipinski definition) is 1. The van der Waals surface area contributed by atoms with E-state index in [-0.39, 0.29) is 9.90 Å². The molecule has 1 amide bonds. The molecule has 0 bridgehead atoms. The highest BCUT2D eigenvalue weighted by Crippen LogP contribution is 2.34. The predicted octanol–water partition coefficient (Wildman–Crippen LogP) is 4.72. The summed E-state index contributed by atoms with van der Waals surface area (Å²) < 4.78 is 71.6. The molecule has 29 heavy (non-hydrogen) atoms. The number of esters is 1. The minimum absolute atomic E-state index is 0.139. The van der Waals surface area contributed by atoms with Crippen LogP contribution in [0.3, 0.4) is 0 Å². The second-order valence-electron chi connectivity index (χ2n) is 5.63. The Morgan fingerprint density at radius 3 is 2.17 bits per heavy atom. The van der Waals surface area contributed by atoms with Crippen molar-refractivity contribution in [1.29, 1.82) is 0 Å². The van der Waals surface area contributed by atoms with E-state index in [9.17, 15) is 31.5 Å². The van der Waals surface area contributed by atoms with Crippen molar-refractivity contribution in [2.24, 2.45) is 0 Å². The SMILES string of the molecule is O=C(CNC(=O)c1sc2ccccc2c1Cl)OCc1c(F)c(F)c(F)c(F)c1F. The van der Waals surface area contributed by atoms with Crippen molar-refractivity contribution < 1.29 is 36.3 Å². The van der Waals surface area contributed by atoms with Crippen LogP contribution in [0, 0.1) is 29.1 Å². The normalized spacial score (nSPS) is 11.0. The van der Waals surface area contributed by atoms with Crippen molar-refractivity contribution in [3.8, 4) is 0 Å². The topological polar surface area (TPSA) is 55.4 Å². The van der Waals surface area contributed by atoms with Crippen LogP contribution in [-0.4, -0.2) is 18.4 Å². The maximum absolute atomic E-state index is 13.5. The third kappa shape index (κ3) is 4.03. The molecule has 0 atom stereocenters. The van der Waals surface area contributed by atoms with E-state index in [1.807, 2.05) is 0 Å². The monoisotopic (exact) mass is 449 g/mol. The van der Waals surface area contributed by atoms with Crippen molar-refractivity contribution in [3.05, 3.63) is 68.8 Å². The third-order valence-electron chi connectivity index (χ3n) is 3.81. The maximum atomic E-state index is 13.5. The minimum Gasteiger partial charge on any atom is -0.459 e. The van der Waals surface area contributed by atoms with Crippen LogP contribution >= 0.6 is 22.9 Å². The Labute approximate surface area is 168 Å². The summed E-state index contributed by atoms with van der Waals surface area (Å²) in [6, 6.07) is 6.96. The van der Waals surface area contributed by atoms with Gasteiger partial charge in [-0.3, -0.25) is 9.59 Å². The van der Waals surface area contributed by atoms with Crippen molar-refractivity contribution in [1.82, 2.24) is 5.32 Å². The van der Waals surface area contributed by atoms with Gasteiger partial charge in [0.1, 0.15) is 18.0 Å². The molecule has 0 aliphatic heterocycles. The van der Waals surface area contributed by atoms with Crippen LogP contribution in [0.25, 0.3) is 10.1 Å². The van der Waals surface area contributed by atoms with Crippen LogP contribution in [0.2, 0.25) is 5.02 Å². The fraction of sp³-hybridized carbons (Fsp3) is 0.111. The zero-order chi connectivity index (χ0) is 21.3. The first-order chi connectivity index (χ1) is 13.7. The predicted molar refractivity (Wildman–Crippen MR) is 95.2 cm³/mol. The highest BCUT2D eigenvalue weighted by Gasteiger charge is 2.26. The van der Waals surface area contributed by atoms with Crippen LogP contribution in [0.15, 0.2) is 24.3 Å². The molecule has 11 heteroatoms. The Morgan fingerprint density at radius 1 is 0.966 bits per heavy atom. The Balaban J connectivity index is 1.63. The van der Waals surface area contributed by atoms with E-state index in [4.69, 9.17) is 11.6 Å². The Hall–Kier alpha value is -2.72. The summed E-state index contributed by atoms with van der Waals surface area (Å²) in [7, 11) is 0. The van der Waals surface area contributed by atoms with Gasteiger partial charge in [0, 0.05) is 10.1 Å². The lowest BCUT2D eigenvalue weighted by molar-refractivity contribution is -0.143. The molecule has 2 aromatic carbocycles. The molecule has 4 nitrogen and oxygen atoms in total. The summed E-state index contributed by atoms with van der Waals surface area (Å²) >= 11 is 7.22. The second-order valence-corrected chi connectivity index (χ2v) is 7.06. The summed E-state index contributed by atoms with van der Waals surface area (Å²) in [4.78, 5) is 24.0. The number of amides is 1. The van der Waals surface area contributed by atoms with E-state index < -0.39 is 59.7 Å². The lowest BCUT2D eigenvalue weighted by Crippen LogP contribution is -2.30. The molecule has 1 heterocycles. The number of halogens is 6. The van der Waals surface area contributed by atoms with E-state index in [0.717, 1.165) is 16.0 Å². The van der Waals surface area contributed by atoms with Gasteiger partial charge in [0.15, 0.2) is 23.3 Å². The molecular formula is C18H9ClF5NO3S. The molecule has 0 aliphatic rings. The number of fused-ring (bicyclic) bond motifs is 1. The number of benzene rings is 2. The van der Waals surface area contributed by atoms with Gasteiger partial charge >= 0.3 is 5.97 Å². The van der Waals surface area contributed by atoms with Gasteiger partial charge in [0.05, 0.1) is 10.6 Å². The molecular weight excluding hydrogens is 441 g/mol. The van der Waals surface area contributed by atoms with Gasteiger partial charge in [-0.2, -0.15) is 0 Å². The fourth-order valence-electron chi connectivity index (χ4n) is 2.37. The first-order valence-electron chi connectivity index (χ1n) is 7.83. The summed E-state index contributed by atoms with van der Waals surface area (Å²) in [6.07, 6.45) is 0. The highest BCUT2D eigenvalue weighted by molar-refractivity contribution is 7.21. The van der Waals surface area contributed by atoms with Crippen LogP contribution in [-0.2, 0) is 16.1 Å². The Morgan fingerprint density at radius 2 is 1.55 bits per heavy atom. The Kier molecular flexibility index (Phi) is 6.04. The average molecular weight is 450 g/mol. The van der Waals surface area contributed by atoms with Crippen LogP contribution in [0.4, 0.5) is 22.0 Å². The molecule has 0 unspecified atom stereocenters. The molecule has 0 aliphatic carbocycles. The van der Waals surface area contributed by atoms with E-state index in [0.29, 0.717) is 5.39 Å². The third-order valence-corrected chi connectivity index (χ3v) is 5.49. The number of rotatable bonds is 5. The van der Waals surface area contributed by atoms with E-state index in [1.165, 1.54) is 0 Å². The quantitative estimate of drug-likeness (QED) is 0.265. The van der Waals surface area contributed by atoms with Crippen LogP contribution in [0.5, 0.6) is 0 Å². The van der Waals surface area contributed by atoms with Crippen molar-refractivity contribution in [2.45, 2.75) is 6.61 Å². The number of nitrogens with one attached hydrogen (secondary N) is 1. The molecule has 0 saturated carbocycles. The lowest BCUT2D eigenvalue weighted by atomic mass is 10.2. The zero-order valence-electron chi connectivity index (χ0n) is 14.1. The maximum Gasteiger partial charge on any atom is 0.325 e. The van der Waals surface area contributed by atoms with Gasteiger partial charge in [-0.1, -0.05) is 29.8 Å². The molecule has 1 aromatic heterocycles. The van der Waals surface area contributed by atoms with Gasteiger partial charge in [-0.05, 0) is 6.07 Å². The van der Waals surface area contributed by atoms with E-state index in [2.05, 4.69) is 10.1 Å². The van der Waals surface area contributed by atoms with E-state index >= 15 is 0 Å². The molecule has 0 radical (unpaired) electrons. The summed E-state index contributed by atoms with van der Waals surface area (Å²) in [5.41, 5.74) is -1.30. The average Bonchev–Trinajstić information content (AvgIpc) is 3.06. The molecule has 0 spiro atoms. The number of thiophene rings is 1. The van der Waals surface area contributed by atoms with Crippen molar-refractivity contribution in [2.75, 3.05) is 6.54 Å². The van der Waals surface area contributed by atoms with Crippen LogP contribution < -0.4 is 5.32 Å². The molecule has 0 fully saturated rings. The van der Waals surface area contributed by atoms with Gasteiger partial charge < -0.3 is 10.1 Å². The highest BCUT2D eigenvalue weighted by atomic mass is 35.5. The molecule has 0 saturated heterocycles. The fourth-order valence-corrected chi connectivity index (χ4v) is 3.81. The summed E-state index contributed by atoms with van der Waals surface area (Å²) in [5, 5.41) is 3.06. The molecule has 1 N–H and O–H groups in total. The van der Waals surface area contributed by atoms with E-state index in [1.54, 1.807) is 24.3 Å². The minimum atomic E-state index is -2.32. The van der Waals surface area contributed by atoms with Crippen LogP contribution in [0.1, 0.15) is 15.2 Å². The largest absolute Gasteiger partial charge is 0.459 e. The Bertz CT molecular complexity index is 1110. The second kappa shape index (κ2) is 8.34. The van der Waals surface area contributed by atoms with Crippen molar-refractivity contribution >= 4 is 44.9 Å². The first-order valence-corrected chi connectivity index (χ1v) is 9.03. The van der Waals surface area contributed by atoms with Gasteiger partial charge in [0.2, 0.25) is 5.82 Å². The number of hydrogen-bond acceptors (Lipinski definition) is 4. The van der Waals surface area contributed by atoms with Gasteiger partial charge in [-0.25, -0.2) is 22.0 Å². The molecule has 152 valence electrons. The smallest absolute Gasteiger partial charge is 0.325 e. The van der Waals surface area contributed by atoms with Gasteiger partial charge in [-0.15, -0.1) is 11.3 Å². The molecule has 3 aromatic rings. The molecule has 3 rings (SSSR count). The number of carbonyl (C=O) groups is 2. The number of ether oxygens (including phenoxy) is 1. The standard InChI is InChI=1S/C18H9ClF5NO3S/c19-11-7-3-1-2-4-9(7)29-17(11)18(27)25-5-10(26)28-6-8-12(20)14(22)16(24)15(23)13(8)21/h1-4H,5-6H2,(H,25,27). The number of carbonyl (C=O) groups excluding carboxylic acids is 2. The first kappa shape index (κ1) is 21.0. The summed E-state index contributed by atoms with van der Waals surface area (Å²) in [5.74, 6) is -12.7. The lowest BCUT2D eigenvalue weighted by Gasteiger charge is -2.09.